The summed E-state index contributed by atoms with van der Waals surface area (Å²) in [5.74, 6) is 1.59. The molecule has 150 valence electrons. The van der Waals surface area contributed by atoms with Gasteiger partial charge in [-0.05, 0) is 48.7 Å². The third-order valence-electron chi connectivity index (χ3n) is 4.79. The summed E-state index contributed by atoms with van der Waals surface area (Å²) in [6, 6.07) is 21.9. The zero-order valence-corrected chi connectivity index (χ0v) is 17.0. The summed E-state index contributed by atoms with van der Waals surface area (Å²) in [7, 11) is 1.65. The number of nitrogens with zero attached hydrogens (tertiary/aromatic N) is 2. The minimum atomic E-state index is -0.108. The predicted molar refractivity (Wildman–Crippen MR) is 116 cm³/mol. The zero-order chi connectivity index (χ0) is 20.5. The van der Waals surface area contributed by atoms with Crippen molar-refractivity contribution >= 4 is 11.7 Å². The summed E-state index contributed by atoms with van der Waals surface area (Å²) in [6.07, 6.45) is 2.41. The van der Waals surface area contributed by atoms with Gasteiger partial charge in [-0.2, -0.15) is 0 Å². The van der Waals surface area contributed by atoms with E-state index in [4.69, 9.17) is 4.74 Å². The first-order valence-electron chi connectivity index (χ1n) is 9.85. The fraction of sp³-hybridized carbons (Fsp3) is 0.250. The van der Waals surface area contributed by atoms with Gasteiger partial charge in [-0.25, -0.2) is 4.98 Å². The number of rotatable bonds is 9. The standard InChI is InChI=1S/C24H27N3O2/c1-3-27(18-20-7-5-4-6-8-20)23-14-11-21(17-26-23)24(28)25-16-15-19-9-12-22(29-2)13-10-19/h4-14,17H,3,15-16,18H2,1-2H3,(H,25,28). The van der Waals surface area contributed by atoms with E-state index in [1.807, 2.05) is 54.6 Å². The average Bonchev–Trinajstić information content (AvgIpc) is 2.78. The second kappa shape index (κ2) is 10.3. The third-order valence-corrected chi connectivity index (χ3v) is 4.79. The molecule has 0 aliphatic heterocycles. The predicted octanol–water partition coefficient (Wildman–Crippen LogP) is 4.09. The fourth-order valence-electron chi connectivity index (χ4n) is 3.08. The Hall–Kier alpha value is -3.34. The molecule has 0 radical (unpaired) electrons. The van der Waals surface area contributed by atoms with E-state index in [0.717, 1.165) is 36.6 Å². The van der Waals surface area contributed by atoms with Crippen molar-refractivity contribution in [2.45, 2.75) is 19.9 Å². The van der Waals surface area contributed by atoms with Crippen LogP contribution in [0.2, 0.25) is 0 Å². The van der Waals surface area contributed by atoms with Gasteiger partial charge >= 0.3 is 0 Å². The summed E-state index contributed by atoms with van der Waals surface area (Å²) >= 11 is 0. The molecule has 1 N–H and O–H groups in total. The second-order valence-corrected chi connectivity index (χ2v) is 6.76. The van der Waals surface area contributed by atoms with Gasteiger partial charge < -0.3 is 15.0 Å². The zero-order valence-electron chi connectivity index (χ0n) is 17.0. The Morgan fingerprint density at radius 3 is 2.38 bits per heavy atom. The van der Waals surface area contributed by atoms with Crippen molar-refractivity contribution in [1.82, 2.24) is 10.3 Å². The Labute approximate surface area is 172 Å². The van der Waals surface area contributed by atoms with Gasteiger partial charge in [0.15, 0.2) is 0 Å². The number of amides is 1. The fourth-order valence-corrected chi connectivity index (χ4v) is 3.08. The van der Waals surface area contributed by atoms with Crippen LogP contribution in [-0.4, -0.2) is 31.1 Å². The number of methoxy groups -OCH3 is 1. The SMILES string of the molecule is CCN(Cc1ccccc1)c1ccc(C(=O)NCCc2ccc(OC)cc2)cn1. The molecule has 2 aromatic carbocycles. The van der Waals surface area contributed by atoms with Crippen LogP contribution in [0.1, 0.15) is 28.4 Å². The molecule has 0 unspecified atom stereocenters. The highest BCUT2D eigenvalue weighted by atomic mass is 16.5. The van der Waals surface area contributed by atoms with Gasteiger partial charge in [0.1, 0.15) is 11.6 Å². The monoisotopic (exact) mass is 389 g/mol. The molecule has 1 aromatic heterocycles. The maximum Gasteiger partial charge on any atom is 0.252 e. The lowest BCUT2D eigenvalue weighted by atomic mass is 10.1. The minimum Gasteiger partial charge on any atom is -0.497 e. The molecule has 0 aliphatic rings. The van der Waals surface area contributed by atoms with Crippen LogP contribution >= 0.6 is 0 Å². The van der Waals surface area contributed by atoms with Crippen molar-refractivity contribution in [3.63, 3.8) is 0 Å². The van der Waals surface area contributed by atoms with Gasteiger partial charge in [-0.3, -0.25) is 4.79 Å². The first-order valence-corrected chi connectivity index (χ1v) is 9.85. The summed E-state index contributed by atoms with van der Waals surface area (Å²) in [4.78, 5) is 19.1. The maximum atomic E-state index is 12.4. The van der Waals surface area contributed by atoms with Crippen LogP contribution in [0.4, 0.5) is 5.82 Å². The first-order chi connectivity index (χ1) is 14.2. The van der Waals surface area contributed by atoms with Crippen molar-refractivity contribution in [1.29, 1.82) is 0 Å². The quantitative estimate of drug-likeness (QED) is 0.599. The molecule has 29 heavy (non-hydrogen) atoms. The van der Waals surface area contributed by atoms with Crippen molar-refractivity contribution in [3.05, 3.63) is 89.6 Å². The molecule has 0 bridgehead atoms. The van der Waals surface area contributed by atoms with Crippen LogP contribution < -0.4 is 15.0 Å². The number of pyridine rings is 1. The smallest absolute Gasteiger partial charge is 0.252 e. The number of hydrogen-bond donors (Lipinski definition) is 1. The van der Waals surface area contributed by atoms with Crippen molar-refractivity contribution in [2.75, 3.05) is 25.1 Å². The van der Waals surface area contributed by atoms with Gasteiger partial charge in [0.25, 0.3) is 5.91 Å². The number of benzene rings is 2. The molecule has 1 amide bonds. The van der Waals surface area contributed by atoms with Crippen molar-refractivity contribution < 1.29 is 9.53 Å². The molecule has 5 heteroatoms. The molecule has 1 heterocycles. The number of aromatic nitrogens is 1. The van der Waals surface area contributed by atoms with Gasteiger partial charge in [0, 0.05) is 25.8 Å². The molecular formula is C24H27N3O2. The molecule has 0 aliphatic carbocycles. The van der Waals surface area contributed by atoms with E-state index in [0.29, 0.717) is 12.1 Å². The summed E-state index contributed by atoms with van der Waals surface area (Å²) in [5.41, 5.74) is 2.95. The number of carbonyl (C=O) groups excluding carboxylic acids is 1. The highest BCUT2D eigenvalue weighted by molar-refractivity contribution is 5.94. The average molecular weight is 389 g/mol. The van der Waals surface area contributed by atoms with Crippen LogP contribution in [0.25, 0.3) is 0 Å². The summed E-state index contributed by atoms with van der Waals surface area (Å²) in [5, 5.41) is 2.95. The highest BCUT2D eigenvalue weighted by Crippen LogP contribution is 2.15. The molecule has 0 spiro atoms. The van der Waals surface area contributed by atoms with Gasteiger partial charge in [0.05, 0.1) is 12.7 Å². The van der Waals surface area contributed by atoms with Crippen LogP contribution in [0.15, 0.2) is 72.9 Å². The Morgan fingerprint density at radius 1 is 1.00 bits per heavy atom. The minimum absolute atomic E-state index is 0.108. The highest BCUT2D eigenvalue weighted by Gasteiger charge is 2.10. The molecule has 3 aromatic rings. The molecule has 0 atom stereocenters. The molecule has 5 nitrogen and oxygen atoms in total. The lowest BCUT2D eigenvalue weighted by Crippen LogP contribution is -2.26. The molecular weight excluding hydrogens is 362 g/mol. The Morgan fingerprint density at radius 2 is 1.76 bits per heavy atom. The third kappa shape index (κ3) is 5.82. The lowest BCUT2D eigenvalue weighted by Gasteiger charge is -2.22. The van der Waals surface area contributed by atoms with Crippen LogP contribution in [0.3, 0.4) is 0 Å². The van der Waals surface area contributed by atoms with E-state index in [-0.39, 0.29) is 5.91 Å². The maximum absolute atomic E-state index is 12.4. The van der Waals surface area contributed by atoms with Crippen LogP contribution in [-0.2, 0) is 13.0 Å². The molecule has 0 saturated carbocycles. The van der Waals surface area contributed by atoms with Crippen molar-refractivity contribution in [3.8, 4) is 5.75 Å². The van der Waals surface area contributed by atoms with Crippen molar-refractivity contribution in [2.24, 2.45) is 0 Å². The van der Waals surface area contributed by atoms with E-state index >= 15 is 0 Å². The molecule has 0 saturated heterocycles. The van der Waals surface area contributed by atoms with Crippen LogP contribution in [0.5, 0.6) is 5.75 Å². The number of anilines is 1. The first kappa shape index (κ1) is 20.4. The van der Waals surface area contributed by atoms with Gasteiger partial charge in [-0.1, -0.05) is 42.5 Å². The van der Waals surface area contributed by atoms with Gasteiger partial charge in [-0.15, -0.1) is 0 Å². The second-order valence-electron chi connectivity index (χ2n) is 6.76. The summed E-state index contributed by atoms with van der Waals surface area (Å²) in [6.45, 7) is 4.31. The largest absolute Gasteiger partial charge is 0.497 e. The Kier molecular flexibility index (Phi) is 7.22. The number of hydrogen-bond acceptors (Lipinski definition) is 4. The van der Waals surface area contributed by atoms with E-state index in [2.05, 4.69) is 34.3 Å². The Bertz CT molecular complexity index is 894. The Balaban J connectivity index is 1.53. The molecule has 3 rings (SSSR count). The molecule has 0 fully saturated rings. The normalized spacial score (nSPS) is 10.4. The van der Waals surface area contributed by atoms with E-state index in [1.54, 1.807) is 13.3 Å². The van der Waals surface area contributed by atoms with E-state index < -0.39 is 0 Å². The van der Waals surface area contributed by atoms with Crippen LogP contribution in [0, 0.1) is 0 Å². The van der Waals surface area contributed by atoms with E-state index in [1.165, 1.54) is 5.56 Å². The summed E-state index contributed by atoms with van der Waals surface area (Å²) < 4.78 is 5.16. The lowest BCUT2D eigenvalue weighted by molar-refractivity contribution is 0.0954. The topological polar surface area (TPSA) is 54.5 Å². The van der Waals surface area contributed by atoms with Gasteiger partial charge in [0.2, 0.25) is 0 Å². The number of nitrogens with one attached hydrogen (secondary N) is 1. The van der Waals surface area contributed by atoms with E-state index in [9.17, 15) is 4.79 Å². The number of carbonyl (C=O) groups is 1. The number of ether oxygens (including phenoxy) is 1.